The van der Waals surface area contributed by atoms with Crippen LogP contribution in [0.15, 0.2) is 6.33 Å². The van der Waals surface area contributed by atoms with Gasteiger partial charge in [0, 0.05) is 26.7 Å². The molecule has 1 aromatic rings. The normalized spacial score (nSPS) is 23.9. The molecule has 1 fully saturated rings. The number of hydrogen-bond acceptors (Lipinski definition) is 6. The highest BCUT2D eigenvalue weighted by atomic mass is 35.5. The van der Waals surface area contributed by atoms with Crippen molar-refractivity contribution in [3.63, 3.8) is 0 Å². The predicted octanol–water partition coefficient (Wildman–Crippen LogP) is 0.930. The second-order valence-electron chi connectivity index (χ2n) is 3.96. The molecule has 6 nitrogen and oxygen atoms in total. The topological polar surface area (TPSA) is 82.3 Å². The molecular formula is C10H15ClN4O2. The van der Waals surface area contributed by atoms with Crippen LogP contribution in [-0.2, 0) is 9.47 Å². The number of ether oxygens (including phenoxy) is 2. The molecule has 0 saturated carbocycles. The molecular weight excluding hydrogens is 244 g/mol. The second-order valence-corrected chi connectivity index (χ2v) is 4.34. The fourth-order valence-corrected chi connectivity index (χ4v) is 1.88. The van der Waals surface area contributed by atoms with Gasteiger partial charge < -0.3 is 20.5 Å². The number of nitrogens with one attached hydrogen (secondary N) is 1. The number of halogens is 1. The molecule has 0 radical (unpaired) electrons. The summed E-state index contributed by atoms with van der Waals surface area (Å²) in [5, 5.41) is 3.45. The predicted molar refractivity (Wildman–Crippen MR) is 65.1 cm³/mol. The second kappa shape index (κ2) is 5.03. The summed E-state index contributed by atoms with van der Waals surface area (Å²) in [6.07, 6.45) is 2.21. The van der Waals surface area contributed by atoms with Gasteiger partial charge in [-0.1, -0.05) is 11.6 Å². The highest BCUT2D eigenvalue weighted by Gasteiger charge is 2.35. The summed E-state index contributed by atoms with van der Waals surface area (Å²) < 4.78 is 10.8. The van der Waals surface area contributed by atoms with E-state index in [1.165, 1.54) is 6.33 Å². The van der Waals surface area contributed by atoms with Gasteiger partial charge in [0.1, 0.15) is 22.8 Å². The zero-order chi connectivity index (χ0) is 12.3. The van der Waals surface area contributed by atoms with Crippen LogP contribution >= 0.6 is 11.6 Å². The van der Waals surface area contributed by atoms with Crippen molar-refractivity contribution < 1.29 is 9.47 Å². The first-order chi connectivity index (χ1) is 8.17. The maximum Gasteiger partial charge on any atom is 0.150 e. The molecule has 3 N–H and O–H groups in total. The van der Waals surface area contributed by atoms with E-state index in [0.29, 0.717) is 30.6 Å². The van der Waals surface area contributed by atoms with E-state index in [2.05, 4.69) is 15.3 Å². The Labute approximate surface area is 104 Å². The van der Waals surface area contributed by atoms with Gasteiger partial charge >= 0.3 is 0 Å². The van der Waals surface area contributed by atoms with Crippen LogP contribution in [0.5, 0.6) is 0 Å². The monoisotopic (exact) mass is 258 g/mol. The maximum atomic E-state index is 5.98. The Hall–Kier alpha value is -1.11. The molecule has 0 bridgehead atoms. The minimum absolute atomic E-state index is 0.262. The first-order valence-electron chi connectivity index (χ1n) is 5.30. The zero-order valence-electron chi connectivity index (χ0n) is 9.57. The van der Waals surface area contributed by atoms with Gasteiger partial charge in [0.15, 0.2) is 5.82 Å². The summed E-state index contributed by atoms with van der Waals surface area (Å²) in [6, 6.07) is 0. The van der Waals surface area contributed by atoms with Crippen LogP contribution in [0.1, 0.15) is 6.42 Å². The molecule has 1 unspecified atom stereocenters. The lowest BCUT2D eigenvalue weighted by molar-refractivity contribution is -0.00625. The number of nitrogens with zero attached hydrogens (tertiary/aromatic N) is 2. The molecule has 2 heterocycles. The fraction of sp³-hybridized carbons (Fsp3) is 0.600. The minimum atomic E-state index is -0.316. The molecule has 0 spiro atoms. The Kier molecular flexibility index (Phi) is 3.66. The number of nitrogen functional groups attached to an aromatic ring is 1. The third kappa shape index (κ3) is 2.59. The summed E-state index contributed by atoms with van der Waals surface area (Å²) in [5.41, 5.74) is 5.27. The van der Waals surface area contributed by atoms with Gasteiger partial charge in [-0.05, 0) is 0 Å². The molecule has 1 aliphatic rings. The largest absolute Gasteiger partial charge is 0.382 e. The lowest BCUT2D eigenvalue weighted by Crippen LogP contribution is -2.39. The van der Waals surface area contributed by atoms with E-state index in [1.54, 1.807) is 7.11 Å². The number of hydrogen-bond donors (Lipinski definition) is 2. The molecule has 7 heteroatoms. The molecule has 1 aromatic heterocycles. The van der Waals surface area contributed by atoms with Crippen molar-refractivity contribution >= 4 is 23.2 Å². The van der Waals surface area contributed by atoms with Gasteiger partial charge in [0.05, 0.1) is 6.61 Å². The van der Waals surface area contributed by atoms with E-state index < -0.39 is 0 Å². The molecule has 0 aromatic carbocycles. The number of rotatable bonds is 4. The summed E-state index contributed by atoms with van der Waals surface area (Å²) in [7, 11) is 1.67. The van der Waals surface area contributed by atoms with Gasteiger partial charge in [0.25, 0.3) is 0 Å². The summed E-state index contributed by atoms with van der Waals surface area (Å²) >= 11 is 5.98. The van der Waals surface area contributed by atoms with Crippen molar-refractivity contribution in [1.29, 1.82) is 0 Å². The van der Waals surface area contributed by atoms with E-state index >= 15 is 0 Å². The van der Waals surface area contributed by atoms with E-state index in [9.17, 15) is 0 Å². The quantitative estimate of drug-likeness (QED) is 0.836. The first-order valence-corrected chi connectivity index (χ1v) is 5.67. The van der Waals surface area contributed by atoms with E-state index in [4.69, 9.17) is 26.8 Å². The average Bonchev–Trinajstić information content (AvgIpc) is 2.81. The zero-order valence-corrected chi connectivity index (χ0v) is 10.3. The van der Waals surface area contributed by atoms with E-state index in [-0.39, 0.29) is 11.4 Å². The van der Waals surface area contributed by atoms with Crippen molar-refractivity contribution in [3.05, 3.63) is 11.3 Å². The van der Waals surface area contributed by atoms with Crippen molar-refractivity contribution in [2.24, 2.45) is 0 Å². The third-order valence-corrected chi connectivity index (χ3v) is 3.27. The Balaban J connectivity index is 2.04. The minimum Gasteiger partial charge on any atom is -0.382 e. The summed E-state index contributed by atoms with van der Waals surface area (Å²) in [4.78, 5) is 7.83. The Morgan fingerprint density at radius 1 is 1.65 bits per heavy atom. The van der Waals surface area contributed by atoms with Crippen LogP contribution in [0.2, 0.25) is 5.02 Å². The number of anilines is 2. The smallest absolute Gasteiger partial charge is 0.150 e. The van der Waals surface area contributed by atoms with Crippen LogP contribution in [-0.4, -0.2) is 42.4 Å². The van der Waals surface area contributed by atoms with E-state index in [0.717, 1.165) is 6.42 Å². The van der Waals surface area contributed by atoms with Crippen LogP contribution in [0.25, 0.3) is 0 Å². The molecule has 2 rings (SSSR count). The fourth-order valence-electron chi connectivity index (χ4n) is 1.71. The van der Waals surface area contributed by atoms with Crippen molar-refractivity contribution in [1.82, 2.24) is 9.97 Å². The highest BCUT2D eigenvalue weighted by Crippen LogP contribution is 2.26. The molecule has 94 valence electrons. The van der Waals surface area contributed by atoms with Crippen molar-refractivity contribution in [3.8, 4) is 0 Å². The molecule has 1 aliphatic heterocycles. The van der Waals surface area contributed by atoms with Gasteiger partial charge in [-0.15, -0.1) is 0 Å². The van der Waals surface area contributed by atoms with E-state index in [1.807, 2.05) is 0 Å². The van der Waals surface area contributed by atoms with Crippen molar-refractivity contribution in [2.45, 2.75) is 12.0 Å². The lowest BCUT2D eigenvalue weighted by Gasteiger charge is -2.26. The maximum absolute atomic E-state index is 5.98. The Morgan fingerprint density at radius 2 is 2.47 bits per heavy atom. The lowest BCUT2D eigenvalue weighted by atomic mass is 10.0. The van der Waals surface area contributed by atoms with Crippen LogP contribution in [0, 0.1) is 0 Å². The van der Waals surface area contributed by atoms with Gasteiger partial charge in [-0.2, -0.15) is 0 Å². The average molecular weight is 259 g/mol. The molecule has 0 aliphatic carbocycles. The third-order valence-electron chi connectivity index (χ3n) is 2.89. The van der Waals surface area contributed by atoms with Crippen LogP contribution in [0.4, 0.5) is 11.6 Å². The SMILES string of the molecule is COC1(CNc2ncnc(N)c2Cl)CCOC1. The number of methoxy groups -OCH3 is 1. The molecule has 0 amide bonds. The highest BCUT2D eigenvalue weighted by molar-refractivity contribution is 6.35. The molecule has 1 saturated heterocycles. The molecule has 17 heavy (non-hydrogen) atoms. The first kappa shape index (κ1) is 12.3. The van der Waals surface area contributed by atoms with Gasteiger partial charge in [-0.25, -0.2) is 9.97 Å². The van der Waals surface area contributed by atoms with Crippen LogP contribution < -0.4 is 11.1 Å². The number of aromatic nitrogens is 2. The summed E-state index contributed by atoms with van der Waals surface area (Å²) in [5.74, 6) is 0.779. The molecule has 1 atom stereocenters. The standard InChI is InChI=1S/C10H15ClN4O2/c1-16-10(2-3-17-5-10)4-13-9-7(11)8(12)14-6-15-9/h6H,2-5H2,1H3,(H3,12,13,14,15). The van der Waals surface area contributed by atoms with Crippen LogP contribution in [0.3, 0.4) is 0 Å². The summed E-state index contributed by atoms with van der Waals surface area (Å²) in [6.45, 7) is 1.84. The van der Waals surface area contributed by atoms with Crippen molar-refractivity contribution in [2.75, 3.05) is 37.9 Å². The van der Waals surface area contributed by atoms with Gasteiger partial charge in [0.2, 0.25) is 0 Å². The Morgan fingerprint density at radius 3 is 3.12 bits per heavy atom. The Bertz CT molecular complexity index is 396. The number of nitrogens with two attached hydrogens (primary N) is 1. The van der Waals surface area contributed by atoms with Gasteiger partial charge in [-0.3, -0.25) is 0 Å².